The molecule has 0 aromatic rings. The maximum absolute atomic E-state index is 11.0. The summed E-state index contributed by atoms with van der Waals surface area (Å²) in [6.45, 7) is 9.29. The highest BCUT2D eigenvalue weighted by molar-refractivity contribution is 5.80. The molecule has 1 atom stereocenters. The molecule has 1 fully saturated rings. The molecule has 1 saturated heterocycles. The van der Waals surface area contributed by atoms with Gasteiger partial charge in [-0.1, -0.05) is 20.8 Å². The standard InChI is InChI=1S/C16H33N5O2/c1-16(2,3)13(23-5)10-19-15(18-4)20-12-6-8-21(9-7-12)11-14(17)22/h12-13H,6-11H2,1-5H3,(H2,17,22)(H2,18,19,20). The van der Waals surface area contributed by atoms with Crippen molar-refractivity contribution in [3.63, 3.8) is 0 Å². The Hall–Kier alpha value is -1.34. The van der Waals surface area contributed by atoms with Crippen LogP contribution in [0.3, 0.4) is 0 Å². The van der Waals surface area contributed by atoms with Crippen molar-refractivity contribution in [2.24, 2.45) is 16.1 Å². The zero-order chi connectivity index (χ0) is 17.5. The second-order valence-corrected chi connectivity index (χ2v) is 7.20. The van der Waals surface area contributed by atoms with E-state index in [-0.39, 0.29) is 17.4 Å². The summed E-state index contributed by atoms with van der Waals surface area (Å²) >= 11 is 0. The van der Waals surface area contributed by atoms with Gasteiger partial charge in [-0.3, -0.25) is 14.7 Å². The van der Waals surface area contributed by atoms with E-state index in [1.54, 1.807) is 14.2 Å². The van der Waals surface area contributed by atoms with Gasteiger partial charge in [0, 0.05) is 39.8 Å². The lowest BCUT2D eigenvalue weighted by Gasteiger charge is -2.33. The zero-order valence-corrected chi connectivity index (χ0v) is 15.2. The van der Waals surface area contributed by atoms with Crippen LogP contribution in [0.25, 0.3) is 0 Å². The topological polar surface area (TPSA) is 92.0 Å². The van der Waals surface area contributed by atoms with Crippen LogP contribution in [-0.2, 0) is 9.53 Å². The number of nitrogens with two attached hydrogens (primary N) is 1. The molecule has 1 unspecified atom stereocenters. The summed E-state index contributed by atoms with van der Waals surface area (Å²) in [5, 5.41) is 6.79. The number of nitrogens with zero attached hydrogens (tertiary/aromatic N) is 2. The fourth-order valence-corrected chi connectivity index (χ4v) is 2.78. The second-order valence-electron chi connectivity index (χ2n) is 7.20. The third-order valence-electron chi connectivity index (χ3n) is 4.24. The van der Waals surface area contributed by atoms with Crippen molar-refractivity contribution in [3.8, 4) is 0 Å². The number of hydrogen-bond acceptors (Lipinski definition) is 4. The molecular weight excluding hydrogens is 294 g/mol. The fraction of sp³-hybridized carbons (Fsp3) is 0.875. The summed E-state index contributed by atoms with van der Waals surface area (Å²) in [5.74, 6) is 0.534. The normalized spacial score (nSPS) is 19.4. The van der Waals surface area contributed by atoms with Gasteiger partial charge in [0.15, 0.2) is 5.96 Å². The SMILES string of the molecule is CN=C(NCC(OC)C(C)(C)C)NC1CCN(CC(N)=O)CC1. The van der Waals surface area contributed by atoms with E-state index in [2.05, 4.69) is 41.3 Å². The Morgan fingerprint density at radius 2 is 2.00 bits per heavy atom. The van der Waals surface area contributed by atoms with Gasteiger partial charge in [-0.2, -0.15) is 0 Å². The van der Waals surface area contributed by atoms with E-state index in [1.165, 1.54) is 0 Å². The Labute approximate surface area is 140 Å². The number of rotatable bonds is 6. The van der Waals surface area contributed by atoms with Crippen LogP contribution in [0.1, 0.15) is 33.6 Å². The number of amides is 1. The lowest BCUT2D eigenvalue weighted by Crippen LogP contribution is -2.51. The van der Waals surface area contributed by atoms with Gasteiger partial charge in [-0.25, -0.2) is 0 Å². The van der Waals surface area contributed by atoms with Gasteiger partial charge in [0.25, 0.3) is 0 Å². The van der Waals surface area contributed by atoms with E-state index in [9.17, 15) is 4.79 Å². The molecule has 0 aromatic carbocycles. The molecule has 0 bridgehead atoms. The lowest BCUT2D eigenvalue weighted by atomic mass is 9.89. The minimum atomic E-state index is -0.262. The first-order valence-corrected chi connectivity index (χ1v) is 8.27. The minimum absolute atomic E-state index is 0.0701. The van der Waals surface area contributed by atoms with Crippen molar-refractivity contribution in [1.82, 2.24) is 15.5 Å². The first-order valence-electron chi connectivity index (χ1n) is 8.27. The highest BCUT2D eigenvalue weighted by Crippen LogP contribution is 2.20. The molecule has 134 valence electrons. The minimum Gasteiger partial charge on any atom is -0.379 e. The average Bonchev–Trinajstić information content (AvgIpc) is 2.46. The van der Waals surface area contributed by atoms with Crippen molar-refractivity contribution in [2.45, 2.75) is 45.8 Å². The summed E-state index contributed by atoms with van der Waals surface area (Å²) < 4.78 is 5.55. The number of carbonyl (C=O) groups is 1. The number of methoxy groups -OCH3 is 1. The molecule has 7 heteroatoms. The van der Waals surface area contributed by atoms with Gasteiger partial charge in [0.2, 0.25) is 5.91 Å². The van der Waals surface area contributed by atoms with E-state index >= 15 is 0 Å². The Morgan fingerprint density at radius 3 is 2.43 bits per heavy atom. The first-order chi connectivity index (χ1) is 10.8. The van der Waals surface area contributed by atoms with Crippen molar-refractivity contribution in [2.75, 3.05) is 40.3 Å². The van der Waals surface area contributed by atoms with Crippen molar-refractivity contribution >= 4 is 11.9 Å². The zero-order valence-electron chi connectivity index (χ0n) is 15.2. The molecule has 1 aliphatic heterocycles. The van der Waals surface area contributed by atoms with Crippen LogP contribution in [-0.4, -0.2) is 69.2 Å². The van der Waals surface area contributed by atoms with Crippen LogP contribution in [0, 0.1) is 5.41 Å². The third-order valence-corrected chi connectivity index (χ3v) is 4.24. The Balaban J connectivity index is 2.39. The highest BCUT2D eigenvalue weighted by Gasteiger charge is 2.25. The number of ether oxygens (including phenoxy) is 1. The summed E-state index contributed by atoms with van der Waals surface area (Å²) in [6, 6.07) is 0.362. The van der Waals surface area contributed by atoms with Gasteiger partial charge in [-0.05, 0) is 18.3 Å². The van der Waals surface area contributed by atoms with Crippen molar-refractivity contribution < 1.29 is 9.53 Å². The number of aliphatic imine (C=N–C) groups is 1. The van der Waals surface area contributed by atoms with Crippen LogP contribution in [0.15, 0.2) is 4.99 Å². The highest BCUT2D eigenvalue weighted by atomic mass is 16.5. The number of nitrogens with one attached hydrogen (secondary N) is 2. The van der Waals surface area contributed by atoms with Crippen LogP contribution < -0.4 is 16.4 Å². The van der Waals surface area contributed by atoms with Gasteiger partial charge >= 0.3 is 0 Å². The van der Waals surface area contributed by atoms with E-state index in [1.807, 2.05) is 0 Å². The Bertz CT molecular complexity index is 398. The van der Waals surface area contributed by atoms with Gasteiger partial charge in [0.05, 0.1) is 12.6 Å². The molecule has 0 radical (unpaired) electrons. The molecule has 4 N–H and O–H groups in total. The van der Waals surface area contributed by atoms with E-state index in [0.29, 0.717) is 19.1 Å². The Kier molecular flexibility index (Phi) is 7.78. The number of hydrogen-bond donors (Lipinski definition) is 3. The molecule has 1 rings (SSSR count). The molecule has 0 aromatic heterocycles. The van der Waals surface area contributed by atoms with Crippen molar-refractivity contribution in [3.05, 3.63) is 0 Å². The maximum atomic E-state index is 11.0. The van der Waals surface area contributed by atoms with Gasteiger partial charge in [-0.15, -0.1) is 0 Å². The average molecular weight is 327 g/mol. The second kappa shape index (κ2) is 9.08. The number of piperidine rings is 1. The van der Waals surface area contributed by atoms with E-state index in [4.69, 9.17) is 10.5 Å². The fourth-order valence-electron chi connectivity index (χ4n) is 2.78. The lowest BCUT2D eigenvalue weighted by molar-refractivity contribution is -0.119. The summed E-state index contributed by atoms with van der Waals surface area (Å²) in [5.41, 5.74) is 5.31. The number of likely N-dealkylation sites (tertiary alicyclic amines) is 1. The molecular formula is C16H33N5O2. The molecule has 23 heavy (non-hydrogen) atoms. The maximum Gasteiger partial charge on any atom is 0.231 e. The summed E-state index contributed by atoms with van der Waals surface area (Å²) in [6.07, 6.45) is 2.06. The van der Waals surface area contributed by atoms with E-state index < -0.39 is 0 Å². The number of carbonyl (C=O) groups excluding carboxylic acids is 1. The largest absolute Gasteiger partial charge is 0.379 e. The van der Waals surface area contributed by atoms with E-state index in [0.717, 1.165) is 31.9 Å². The predicted octanol–water partition coefficient (Wildman–Crippen LogP) is 0.162. The van der Waals surface area contributed by atoms with Crippen LogP contribution in [0.2, 0.25) is 0 Å². The summed E-state index contributed by atoms with van der Waals surface area (Å²) in [7, 11) is 3.51. The van der Waals surface area contributed by atoms with Crippen molar-refractivity contribution in [1.29, 1.82) is 0 Å². The van der Waals surface area contributed by atoms with Crippen LogP contribution in [0.5, 0.6) is 0 Å². The molecule has 0 aliphatic carbocycles. The summed E-state index contributed by atoms with van der Waals surface area (Å²) in [4.78, 5) is 17.3. The molecule has 1 aliphatic rings. The Morgan fingerprint density at radius 1 is 1.39 bits per heavy atom. The molecule has 1 heterocycles. The smallest absolute Gasteiger partial charge is 0.231 e. The first kappa shape index (κ1) is 19.7. The molecule has 0 spiro atoms. The molecule has 1 amide bonds. The van der Waals surface area contributed by atoms with Gasteiger partial charge < -0.3 is 21.1 Å². The van der Waals surface area contributed by atoms with Crippen LogP contribution in [0.4, 0.5) is 0 Å². The molecule has 7 nitrogen and oxygen atoms in total. The monoisotopic (exact) mass is 327 g/mol. The molecule has 0 saturated carbocycles. The predicted molar refractivity (Wildman–Crippen MR) is 93.4 cm³/mol. The van der Waals surface area contributed by atoms with Gasteiger partial charge in [0.1, 0.15) is 0 Å². The van der Waals surface area contributed by atoms with Crippen LogP contribution >= 0.6 is 0 Å². The number of primary amides is 1. The quantitative estimate of drug-likeness (QED) is 0.477. The number of guanidine groups is 1. The third kappa shape index (κ3) is 7.18.